The highest BCUT2D eigenvalue weighted by Gasteiger charge is 2.36. The molecule has 1 fully saturated rings. The first-order valence-corrected chi connectivity index (χ1v) is 13.7. The Labute approximate surface area is 244 Å². The number of halogens is 5. The maximum atomic E-state index is 13.8. The number of fused-ring (bicyclic) bond motifs is 1. The van der Waals surface area contributed by atoms with Gasteiger partial charge in [0.05, 0.1) is 24.7 Å². The third-order valence-corrected chi connectivity index (χ3v) is 7.53. The zero-order valence-electron chi connectivity index (χ0n) is 23.7. The predicted octanol–water partition coefficient (Wildman–Crippen LogP) is 5.72. The first kappa shape index (κ1) is 28.7. The molecule has 2 aliphatic rings. The molecule has 0 unspecified atom stereocenters. The van der Waals surface area contributed by atoms with Gasteiger partial charge in [0.1, 0.15) is 30.0 Å². The highest BCUT2D eigenvalue weighted by molar-refractivity contribution is 5.74. The molecule has 0 atom stereocenters. The molecule has 4 aromatic rings. The summed E-state index contributed by atoms with van der Waals surface area (Å²) >= 11 is 0. The van der Waals surface area contributed by atoms with E-state index in [1.54, 1.807) is 23.7 Å². The van der Waals surface area contributed by atoms with Gasteiger partial charge in [-0.25, -0.2) is 24.9 Å². The largest absolute Gasteiger partial charge is 0.480 e. The lowest BCUT2D eigenvalue weighted by Gasteiger charge is -2.38. The summed E-state index contributed by atoms with van der Waals surface area (Å²) in [6.45, 7) is 0.434. The lowest BCUT2D eigenvalue weighted by atomic mass is 10.1. The molecule has 226 valence electrons. The van der Waals surface area contributed by atoms with Gasteiger partial charge in [-0.1, -0.05) is 24.3 Å². The molecule has 9 nitrogen and oxygen atoms in total. The van der Waals surface area contributed by atoms with E-state index in [9.17, 15) is 22.0 Å². The van der Waals surface area contributed by atoms with E-state index in [2.05, 4.69) is 19.9 Å². The van der Waals surface area contributed by atoms with Crippen molar-refractivity contribution in [2.75, 3.05) is 36.5 Å². The van der Waals surface area contributed by atoms with Crippen LogP contribution >= 0.6 is 0 Å². The van der Waals surface area contributed by atoms with Crippen molar-refractivity contribution in [3.63, 3.8) is 0 Å². The van der Waals surface area contributed by atoms with Gasteiger partial charge in [0.2, 0.25) is 5.88 Å². The number of aromatic nitrogens is 6. The summed E-state index contributed by atoms with van der Waals surface area (Å²) in [5.41, 5.74) is 2.77. The number of benzene rings is 1. The van der Waals surface area contributed by atoms with Crippen LogP contribution in [0.15, 0.2) is 43.0 Å². The van der Waals surface area contributed by atoms with Gasteiger partial charge < -0.3 is 19.1 Å². The summed E-state index contributed by atoms with van der Waals surface area (Å²) in [5, 5.41) is 0. The molecule has 0 spiro atoms. The van der Waals surface area contributed by atoms with Gasteiger partial charge in [0.25, 0.3) is 5.92 Å². The molecule has 0 amide bonds. The maximum absolute atomic E-state index is 13.8. The Kier molecular flexibility index (Phi) is 7.17. The van der Waals surface area contributed by atoms with Crippen LogP contribution in [0.3, 0.4) is 0 Å². The number of methoxy groups -OCH3 is 1. The van der Waals surface area contributed by atoms with Crippen molar-refractivity contribution in [2.45, 2.75) is 44.3 Å². The molecular weight excluding hydrogens is 571 g/mol. The van der Waals surface area contributed by atoms with Crippen LogP contribution in [0.1, 0.15) is 42.6 Å². The number of anilines is 2. The summed E-state index contributed by atoms with van der Waals surface area (Å²) < 4.78 is 75.0. The standard InChI is InChI=1S/C29H29F5N8O/c1-28(30,31)21-14-40(2)25(38-21)19-6-4-17(5-7-19)13-41-10-11-42(15-29(32,33)34)20-12-35-24(39-26(20)41)22-23(18-8-9-18)36-16-37-27(22)43-3/h4-7,12,14,16,18H,8-11,13,15H2,1-3H3. The van der Waals surface area contributed by atoms with Gasteiger partial charge in [0.15, 0.2) is 11.6 Å². The molecular formula is C29H29F5N8O. The minimum Gasteiger partial charge on any atom is -0.480 e. The van der Waals surface area contributed by atoms with Crippen LogP contribution in [-0.4, -0.2) is 62.4 Å². The summed E-state index contributed by atoms with van der Waals surface area (Å²) in [6, 6.07) is 7.26. The van der Waals surface area contributed by atoms with Crippen LogP contribution in [0.4, 0.5) is 33.5 Å². The zero-order chi connectivity index (χ0) is 30.5. The van der Waals surface area contributed by atoms with Crippen molar-refractivity contribution >= 4 is 11.5 Å². The first-order valence-electron chi connectivity index (χ1n) is 13.7. The fraction of sp³-hybridized carbons (Fsp3) is 0.414. The maximum Gasteiger partial charge on any atom is 0.405 e. The van der Waals surface area contributed by atoms with Gasteiger partial charge >= 0.3 is 6.18 Å². The Bertz CT molecular complexity index is 1630. The molecule has 1 aromatic carbocycles. The average Bonchev–Trinajstić information content (AvgIpc) is 3.73. The second-order valence-corrected chi connectivity index (χ2v) is 10.9. The van der Waals surface area contributed by atoms with Crippen LogP contribution < -0.4 is 14.5 Å². The number of ether oxygens (including phenoxy) is 1. The van der Waals surface area contributed by atoms with E-state index in [0.717, 1.165) is 31.0 Å². The van der Waals surface area contributed by atoms with E-state index in [1.807, 2.05) is 17.0 Å². The molecule has 4 heterocycles. The Morgan fingerprint density at radius 1 is 0.953 bits per heavy atom. The minimum absolute atomic E-state index is 0.125. The number of nitrogens with zero attached hydrogens (tertiary/aromatic N) is 8. The molecule has 0 bridgehead atoms. The van der Waals surface area contributed by atoms with E-state index in [1.165, 1.54) is 30.7 Å². The Morgan fingerprint density at radius 3 is 2.30 bits per heavy atom. The molecule has 1 saturated carbocycles. The van der Waals surface area contributed by atoms with E-state index in [4.69, 9.17) is 9.72 Å². The second-order valence-electron chi connectivity index (χ2n) is 10.9. The molecule has 0 N–H and O–H groups in total. The predicted molar refractivity (Wildman–Crippen MR) is 149 cm³/mol. The second kappa shape index (κ2) is 10.7. The minimum atomic E-state index is -4.41. The SMILES string of the molecule is COc1ncnc(C2CC2)c1-c1ncc2c(n1)N(Cc1ccc(-c3nc(C(C)(F)F)cn3C)cc1)CCN2CC(F)(F)F. The molecule has 1 aliphatic heterocycles. The van der Waals surface area contributed by atoms with Crippen molar-refractivity contribution < 1.29 is 26.7 Å². The van der Waals surface area contributed by atoms with Gasteiger partial charge in [-0.15, -0.1) is 0 Å². The molecule has 0 radical (unpaired) electrons. The number of alkyl halides is 5. The van der Waals surface area contributed by atoms with E-state index in [0.29, 0.717) is 35.2 Å². The Balaban J connectivity index is 1.34. The summed E-state index contributed by atoms with van der Waals surface area (Å²) in [5.74, 6) is -1.49. The number of imidazole rings is 1. The summed E-state index contributed by atoms with van der Waals surface area (Å²) in [7, 11) is 3.14. The zero-order valence-corrected chi connectivity index (χ0v) is 23.7. The van der Waals surface area contributed by atoms with Gasteiger partial charge in [-0.2, -0.15) is 22.0 Å². The fourth-order valence-electron chi connectivity index (χ4n) is 5.28. The van der Waals surface area contributed by atoms with Crippen molar-refractivity contribution in [3.8, 4) is 28.7 Å². The van der Waals surface area contributed by atoms with Crippen LogP contribution in [0.25, 0.3) is 22.8 Å². The monoisotopic (exact) mass is 600 g/mol. The van der Waals surface area contributed by atoms with E-state index in [-0.39, 0.29) is 36.2 Å². The number of rotatable bonds is 8. The normalized spacial score (nSPS) is 15.5. The quantitative estimate of drug-likeness (QED) is 0.238. The van der Waals surface area contributed by atoms with E-state index < -0.39 is 18.6 Å². The third-order valence-electron chi connectivity index (χ3n) is 7.53. The van der Waals surface area contributed by atoms with Gasteiger partial charge in [0, 0.05) is 51.3 Å². The molecule has 14 heteroatoms. The molecule has 3 aromatic heterocycles. The lowest BCUT2D eigenvalue weighted by Crippen LogP contribution is -2.45. The van der Waals surface area contributed by atoms with Crippen molar-refractivity contribution in [2.24, 2.45) is 7.05 Å². The van der Waals surface area contributed by atoms with Gasteiger partial charge in [-0.3, -0.25) is 0 Å². The van der Waals surface area contributed by atoms with Crippen molar-refractivity contribution in [3.05, 3.63) is 59.9 Å². The van der Waals surface area contributed by atoms with Crippen LogP contribution in [0.5, 0.6) is 5.88 Å². The highest BCUT2D eigenvalue weighted by Crippen LogP contribution is 2.45. The lowest BCUT2D eigenvalue weighted by molar-refractivity contribution is -0.119. The van der Waals surface area contributed by atoms with Crippen molar-refractivity contribution in [1.82, 2.24) is 29.5 Å². The number of hydrogen-bond donors (Lipinski definition) is 0. The Morgan fingerprint density at radius 2 is 1.67 bits per heavy atom. The molecule has 43 heavy (non-hydrogen) atoms. The molecule has 1 aliphatic carbocycles. The average molecular weight is 601 g/mol. The smallest absolute Gasteiger partial charge is 0.405 e. The fourth-order valence-corrected chi connectivity index (χ4v) is 5.28. The molecule has 6 rings (SSSR count). The Hall–Kier alpha value is -4.36. The number of aryl methyl sites for hydroxylation is 1. The topological polar surface area (TPSA) is 85.1 Å². The first-order chi connectivity index (χ1) is 20.4. The highest BCUT2D eigenvalue weighted by atomic mass is 19.4. The van der Waals surface area contributed by atoms with Crippen LogP contribution in [0.2, 0.25) is 0 Å². The summed E-state index contributed by atoms with van der Waals surface area (Å²) in [4.78, 5) is 25.2. The van der Waals surface area contributed by atoms with Gasteiger partial charge in [-0.05, 0) is 18.4 Å². The van der Waals surface area contributed by atoms with Crippen LogP contribution in [-0.2, 0) is 19.5 Å². The van der Waals surface area contributed by atoms with E-state index >= 15 is 0 Å². The summed E-state index contributed by atoms with van der Waals surface area (Å²) in [6.07, 6.45) is 1.66. The third kappa shape index (κ3) is 5.95. The van der Waals surface area contributed by atoms with Crippen molar-refractivity contribution in [1.29, 1.82) is 0 Å². The number of hydrogen-bond acceptors (Lipinski definition) is 8. The van der Waals surface area contributed by atoms with Crippen LogP contribution in [0, 0.1) is 0 Å². The molecule has 0 saturated heterocycles.